The van der Waals surface area contributed by atoms with Crippen molar-refractivity contribution in [1.82, 2.24) is 9.80 Å². The van der Waals surface area contributed by atoms with E-state index in [1.165, 1.54) is 103 Å². The van der Waals surface area contributed by atoms with E-state index in [4.69, 9.17) is 21.3 Å². The molecule has 2 rings (SSSR count). The highest BCUT2D eigenvalue weighted by molar-refractivity contribution is 8.41. The van der Waals surface area contributed by atoms with Gasteiger partial charge >= 0.3 is 0 Å². The molecule has 4 nitrogen and oxygen atoms in total. The van der Waals surface area contributed by atoms with Crippen molar-refractivity contribution in [1.29, 1.82) is 0 Å². The summed E-state index contributed by atoms with van der Waals surface area (Å²) in [5.74, 6) is 2.50. The van der Waals surface area contributed by atoms with Crippen LogP contribution >= 0.6 is 29.1 Å². The maximum absolute atomic E-state index is 6.28. The van der Waals surface area contributed by atoms with E-state index in [9.17, 15) is 0 Å². The molecule has 0 radical (unpaired) electrons. The van der Waals surface area contributed by atoms with Crippen LogP contribution in [0.25, 0.3) is 0 Å². The predicted octanol–water partition coefficient (Wildman–Crippen LogP) is 7.60. The number of nitrogens with zero attached hydrogens (tertiary/aromatic N) is 2. The molecule has 2 aliphatic rings. The first-order valence-electron chi connectivity index (χ1n) is 13.9. The van der Waals surface area contributed by atoms with Crippen molar-refractivity contribution in [2.24, 2.45) is 17.8 Å². The molecule has 0 heterocycles. The second-order valence-electron chi connectivity index (χ2n) is 10.9. The molecule has 2 atom stereocenters. The van der Waals surface area contributed by atoms with Gasteiger partial charge in [0.15, 0.2) is 0 Å². The van der Waals surface area contributed by atoms with E-state index < -0.39 is 7.58 Å². The second kappa shape index (κ2) is 17.5. The lowest BCUT2D eigenvalue weighted by Gasteiger charge is -2.33. The summed E-state index contributed by atoms with van der Waals surface area (Å²) < 4.78 is 12.5. The van der Waals surface area contributed by atoms with E-state index in [0.717, 1.165) is 24.0 Å². The minimum absolute atomic E-state index is 0.357. The Labute approximate surface area is 215 Å². The molecule has 0 N–H and O–H groups in total. The van der Waals surface area contributed by atoms with Crippen molar-refractivity contribution >= 4 is 29.1 Å². The van der Waals surface area contributed by atoms with Gasteiger partial charge in [0.1, 0.15) is 0 Å². The number of hydrogen-bond acceptors (Lipinski definition) is 5. The molecule has 33 heavy (non-hydrogen) atoms. The molecule has 0 aliphatic heterocycles. The highest BCUT2D eigenvalue weighted by Crippen LogP contribution is 2.50. The van der Waals surface area contributed by atoms with Gasteiger partial charge in [0.2, 0.25) is 7.58 Å². The fourth-order valence-corrected chi connectivity index (χ4v) is 7.71. The molecule has 196 valence electrons. The largest absolute Gasteiger partial charge is 0.323 e. The zero-order valence-corrected chi connectivity index (χ0v) is 25.0. The summed E-state index contributed by atoms with van der Waals surface area (Å²) in [4.78, 5) is 5.18. The van der Waals surface area contributed by atoms with Crippen LogP contribution in [0.1, 0.15) is 98.3 Å². The van der Waals surface area contributed by atoms with E-state index in [1.807, 2.05) is 0 Å². The Morgan fingerprint density at radius 2 is 1.30 bits per heavy atom. The Balaban J connectivity index is 1.56. The minimum atomic E-state index is -1.04. The Kier molecular flexibility index (Phi) is 16.1. The monoisotopic (exact) mass is 520 g/mol. The zero-order chi connectivity index (χ0) is 24.1. The van der Waals surface area contributed by atoms with E-state index in [-0.39, 0.29) is 0 Å². The molecule has 0 aromatic rings. The number of hydrogen-bond donors (Lipinski definition) is 1. The smallest absolute Gasteiger partial charge is 0.235 e. The van der Waals surface area contributed by atoms with Gasteiger partial charge in [0.25, 0.3) is 0 Å². The van der Waals surface area contributed by atoms with Crippen LogP contribution < -0.4 is 0 Å². The van der Waals surface area contributed by atoms with Gasteiger partial charge in [-0.1, -0.05) is 39.9 Å². The molecule has 0 saturated heterocycles. The van der Waals surface area contributed by atoms with Crippen molar-refractivity contribution in [3.05, 3.63) is 0 Å². The molecule has 0 spiro atoms. The van der Waals surface area contributed by atoms with Crippen LogP contribution in [0.15, 0.2) is 0 Å². The van der Waals surface area contributed by atoms with Crippen LogP contribution in [0.4, 0.5) is 0 Å². The van der Waals surface area contributed by atoms with E-state index in [2.05, 4.69) is 46.7 Å². The summed E-state index contributed by atoms with van der Waals surface area (Å²) in [5.41, 5.74) is 0. The summed E-state index contributed by atoms with van der Waals surface area (Å²) >= 11 is 4.72. The molecule has 0 aromatic carbocycles. The summed E-state index contributed by atoms with van der Waals surface area (Å²) in [6, 6.07) is 0. The maximum Gasteiger partial charge on any atom is 0.235 e. The van der Waals surface area contributed by atoms with Crippen molar-refractivity contribution in [2.75, 3.05) is 39.0 Å². The fraction of sp³-hybridized carbons (Fsp3) is 1.00. The Morgan fingerprint density at radius 3 is 1.70 bits per heavy atom. The minimum Gasteiger partial charge on any atom is -0.323 e. The molecule has 2 unspecified atom stereocenters. The average Bonchev–Trinajstić information content (AvgIpc) is 2.81. The molecule has 0 amide bonds. The van der Waals surface area contributed by atoms with Gasteiger partial charge in [-0.3, -0.25) is 4.90 Å². The highest BCUT2D eigenvalue weighted by Gasteiger charge is 2.28. The van der Waals surface area contributed by atoms with Crippen molar-refractivity contribution in [3.63, 3.8) is 0 Å². The quantitative estimate of drug-likeness (QED) is 0.167. The topological polar surface area (TPSA) is 24.9 Å². The number of rotatable bonds is 16. The molecule has 2 aliphatic carbocycles. The Bertz CT molecular complexity index is 487. The van der Waals surface area contributed by atoms with E-state index in [1.54, 1.807) is 0 Å². The summed E-state index contributed by atoms with van der Waals surface area (Å²) in [5, 5.41) is 0. The molecule has 7 heteroatoms. The molecular weight excluding hydrogens is 466 g/mol. The lowest BCUT2D eigenvalue weighted by Crippen LogP contribution is -2.31. The van der Waals surface area contributed by atoms with Crippen LogP contribution in [-0.2, 0) is 9.05 Å². The van der Waals surface area contributed by atoms with Crippen LogP contribution in [-0.4, -0.2) is 61.0 Å². The highest BCUT2D eigenvalue weighted by atomic mass is 32.7. The number of thiol groups is 1. The lowest BCUT2D eigenvalue weighted by molar-refractivity contribution is 0.0871. The van der Waals surface area contributed by atoms with Crippen molar-refractivity contribution in [3.8, 4) is 0 Å². The lowest BCUT2D eigenvalue weighted by atomic mass is 9.85. The molecule has 2 saturated carbocycles. The first-order chi connectivity index (χ1) is 15.9. The van der Waals surface area contributed by atoms with E-state index in [0.29, 0.717) is 12.2 Å². The fourth-order valence-electron chi connectivity index (χ4n) is 5.57. The van der Waals surface area contributed by atoms with Gasteiger partial charge < -0.3 is 13.9 Å². The first-order valence-corrected chi connectivity index (χ1v) is 17.0. The summed E-state index contributed by atoms with van der Waals surface area (Å²) in [6.45, 7) is 15.3. The van der Waals surface area contributed by atoms with Gasteiger partial charge in [-0.05, 0) is 115 Å². The zero-order valence-electron chi connectivity index (χ0n) is 22.1. The standard InChI is InChI=1S/C26H54N2O2P2S/c1-5-17-28(21-31)19-16-24-9-13-26(14-10-24)30-32(33)29-25-11-7-23(8-12-25)15-18-27(6-2)20-22(3)4/h22-26,33H,5-21,31H2,1-4H3. The predicted molar refractivity (Wildman–Crippen MR) is 152 cm³/mol. The van der Waals surface area contributed by atoms with Gasteiger partial charge in [-0.25, -0.2) is 0 Å². The van der Waals surface area contributed by atoms with Gasteiger partial charge in [0, 0.05) is 12.8 Å². The summed E-state index contributed by atoms with van der Waals surface area (Å²) in [7, 11) is 1.85. The first kappa shape index (κ1) is 30.3. The molecule has 0 aromatic heterocycles. The third-order valence-corrected chi connectivity index (χ3v) is 9.68. The molecule has 0 bridgehead atoms. The van der Waals surface area contributed by atoms with Crippen LogP contribution in [0.5, 0.6) is 0 Å². The van der Waals surface area contributed by atoms with Crippen LogP contribution in [0, 0.1) is 17.8 Å². The Morgan fingerprint density at radius 1 is 0.818 bits per heavy atom. The summed E-state index contributed by atoms with van der Waals surface area (Å²) in [6.07, 6.45) is 15.7. The normalized spacial score (nSPS) is 27.5. The van der Waals surface area contributed by atoms with Gasteiger partial charge in [-0.15, -0.1) is 9.24 Å². The van der Waals surface area contributed by atoms with E-state index >= 15 is 0 Å². The SMILES string of the molecule is CCCN(CP)CCC1CCC(OP(S)OC2CCC(CCN(CC)CC(C)C)CC2)CC1. The Hall–Kier alpha value is 1.05. The third kappa shape index (κ3) is 12.7. The second-order valence-corrected chi connectivity index (χ2v) is 13.1. The maximum atomic E-state index is 6.28. The third-order valence-electron chi connectivity index (χ3n) is 7.64. The molecular formula is C26H54N2O2P2S. The molecule has 2 fully saturated rings. The van der Waals surface area contributed by atoms with Crippen LogP contribution in [0.3, 0.4) is 0 Å². The van der Waals surface area contributed by atoms with Crippen molar-refractivity contribution in [2.45, 2.75) is 111 Å². The van der Waals surface area contributed by atoms with Crippen LogP contribution in [0.2, 0.25) is 0 Å². The van der Waals surface area contributed by atoms with Gasteiger partial charge in [-0.2, -0.15) is 0 Å². The average molecular weight is 521 g/mol. The van der Waals surface area contributed by atoms with Crippen molar-refractivity contribution < 1.29 is 9.05 Å². The van der Waals surface area contributed by atoms with Gasteiger partial charge in [0.05, 0.1) is 12.2 Å².